The zero-order chi connectivity index (χ0) is 13.9. The highest BCUT2D eigenvalue weighted by atomic mass is 28.3. The molecule has 0 aliphatic rings. The number of nitrogens with two attached hydrogens (primary N) is 1. The maximum absolute atomic E-state index is 9.30. The van der Waals surface area contributed by atoms with E-state index in [4.69, 9.17) is 10.2 Å². The molecule has 4 heteroatoms. The van der Waals surface area contributed by atoms with Gasteiger partial charge in [-0.15, -0.1) is 0 Å². The van der Waals surface area contributed by atoms with Crippen LogP contribution in [0.4, 0.5) is 5.69 Å². The maximum Gasteiger partial charge on any atom is 0.205 e. The molecule has 0 bridgehead atoms. The first-order valence-corrected chi connectivity index (χ1v) is 8.62. The van der Waals surface area contributed by atoms with E-state index < -0.39 is 9.04 Å². The van der Waals surface area contributed by atoms with Crippen molar-refractivity contribution in [2.24, 2.45) is 0 Å². The number of aliphatic hydroxyl groups is 1. The molecule has 1 radical (unpaired) electrons. The zero-order valence-electron chi connectivity index (χ0n) is 12.0. The first-order chi connectivity index (χ1) is 8.27. The maximum atomic E-state index is 9.30. The lowest BCUT2D eigenvalue weighted by Gasteiger charge is -2.25. The molecule has 0 aromatic heterocycles. The average molecular weight is 266 g/mol. The minimum Gasteiger partial charge on any atom is -0.413 e. The Morgan fingerprint density at radius 1 is 1.28 bits per heavy atom. The van der Waals surface area contributed by atoms with Crippen molar-refractivity contribution in [3.63, 3.8) is 0 Å². The molecule has 0 heterocycles. The molecule has 3 N–H and O–H groups in total. The van der Waals surface area contributed by atoms with Gasteiger partial charge in [0.15, 0.2) is 0 Å². The quantitative estimate of drug-likeness (QED) is 0.651. The van der Waals surface area contributed by atoms with Crippen molar-refractivity contribution in [1.82, 2.24) is 0 Å². The van der Waals surface area contributed by atoms with Crippen LogP contribution in [0.3, 0.4) is 0 Å². The SMILES string of the molecule is C[Si](C)OCc1c(C(C)(C)C)ccc(CO)c1N. The average Bonchev–Trinajstić information content (AvgIpc) is 2.25. The molecule has 101 valence electrons. The fraction of sp³-hybridized carbons (Fsp3) is 0.571. The fourth-order valence-electron chi connectivity index (χ4n) is 1.93. The summed E-state index contributed by atoms with van der Waals surface area (Å²) in [6, 6.07) is 3.96. The smallest absolute Gasteiger partial charge is 0.205 e. The Kier molecular flexibility index (Phi) is 4.96. The Morgan fingerprint density at radius 3 is 2.33 bits per heavy atom. The number of benzene rings is 1. The zero-order valence-corrected chi connectivity index (χ0v) is 13.0. The Labute approximate surface area is 112 Å². The number of anilines is 1. The second-order valence-electron chi connectivity index (χ2n) is 5.77. The van der Waals surface area contributed by atoms with Crippen LogP contribution < -0.4 is 5.73 Å². The second-order valence-corrected chi connectivity index (χ2v) is 7.87. The van der Waals surface area contributed by atoms with Gasteiger partial charge in [0, 0.05) is 16.8 Å². The minimum absolute atomic E-state index is 0.0230. The van der Waals surface area contributed by atoms with Crippen molar-refractivity contribution in [1.29, 1.82) is 0 Å². The first kappa shape index (κ1) is 15.2. The van der Waals surface area contributed by atoms with Crippen molar-refractivity contribution < 1.29 is 9.53 Å². The van der Waals surface area contributed by atoms with Crippen LogP contribution in [0.25, 0.3) is 0 Å². The second kappa shape index (κ2) is 5.86. The van der Waals surface area contributed by atoms with Gasteiger partial charge in [0.1, 0.15) is 0 Å². The third-order valence-electron chi connectivity index (χ3n) is 2.93. The van der Waals surface area contributed by atoms with Crippen molar-refractivity contribution in [2.75, 3.05) is 5.73 Å². The molecular weight excluding hydrogens is 242 g/mol. The van der Waals surface area contributed by atoms with E-state index in [-0.39, 0.29) is 12.0 Å². The van der Waals surface area contributed by atoms with Gasteiger partial charge >= 0.3 is 0 Å². The van der Waals surface area contributed by atoms with E-state index in [0.717, 1.165) is 11.1 Å². The van der Waals surface area contributed by atoms with Crippen LogP contribution >= 0.6 is 0 Å². The molecule has 3 nitrogen and oxygen atoms in total. The summed E-state index contributed by atoms with van der Waals surface area (Å²) < 4.78 is 5.78. The third kappa shape index (κ3) is 3.57. The fourth-order valence-corrected chi connectivity index (χ4v) is 2.36. The molecule has 0 aliphatic heterocycles. The third-order valence-corrected chi connectivity index (χ3v) is 3.65. The molecule has 0 atom stereocenters. The van der Waals surface area contributed by atoms with E-state index >= 15 is 0 Å². The van der Waals surface area contributed by atoms with Gasteiger partial charge < -0.3 is 15.3 Å². The van der Waals surface area contributed by atoms with Crippen molar-refractivity contribution in [3.8, 4) is 0 Å². The molecule has 0 saturated heterocycles. The van der Waals surface area contributed by atoms with E-state index in [0.29, 0.717) is 12.3 Å². The monoisotopic (exact) mass is 266 g/mol. The summed E-state index contributed by atoms with van der Waals surface area (Å²) in [6.07, 6.45) is 0. The number of aliphatic hydroxyl groups excluding tert-OH is 1. The van der Waals surface area contributed by atoms with Crippen LogP contribution in [0.2, 0.25) is 13.1 Å². The summed E-state index contributed by atoms with van der Waals surface area (Å²) in [4.78, 5) is 0. The van der Waals surface area contributed by atoms with Gasteiger partial charge in [-0.05, 0) is 24.1 Å². The highest BCUT2D eigenvalue weighted by Gasteiger charge is 2.21. The molecule has 1 rings (SSSR count). The number of rotatable bonds is 4. The van der Waals surface area contributed by atoms with Gasteiger partial charge in [-0.25, -0.2) is 0 Å². The van der Waals surface area contributed by atoms with Crippen LogP contribution in [0.1, 0.15) is 37.5 Å². The van der Waals surface area contributed by atoms with Gasteiger partial charge in [0.05, 0.1) is 13.2 Å². The summed E-state index contributed by atoms with van der Waals surface area (Å²) in [6.45, 7) is 11.2. The molecule has 0 aliphatic carbocycles. The van der Waals surface area contributed by atoms with Gasteiger partial charge in [0.2, 0.25) is 9.04 Å². The Bertz CT molecular complexity index is 411. The van der Waals surface area contributed by atoms with Crippen molar-refractivity contribution in [2.45, 2.75) is 52.5 Å². The molecular formula is C14H24NO2Si. The summed E-state index contributed by atoms with van der Waals surface area (Å²) in [5.41, 5.74) is 9.85. The van der Waals surface area contributed by atoms with Crippen LogP contribution in [0, 0.1) is 0 Å². The highest BCUT2D eigenvalue weighted by molar-refractivity contribution is 6.48. The standard InChI is InChI=1S/C14H24NO2Si/c1-14(2,3)12-7-6-10(8-16)13(15)11(12)9-17-18(4)5/h6-7,16H,8-9,15H2,1-5H3. The largest absolute Gasteiger partial charge is 0.413 e. The topological polar surface area (TPSA) is 55.5 Å². The van der Waals surface area contributed by atoms with Crippen LogP contribution in [0.5, 0.6) is 0 Å². The number of nitrogen functional groups attached to an aromatic ring is 1. The molecule has 0 saturated carbocycles. The molecule has 0 amide bonds. The van der Waals surface area contributed by atoms with Crippen molar-refractivity contribution >= 4 is 14.7 Å². The van der Waals surface area contributed by atoms with Crippen LogP contribution in [-0.4, -0.2) is 14.1 Å². The lowest BCUT2D eigenvalue weighted by Crippen LogP contribution is -2.19. The normalized spacial score (nSPS) is 12.2. The van der Waals surface area contributed by atoms with E-state index in [1.54, 1.807) is 0 Å². The van der Waals surface area contributed by atoms with E-state index in [9.17, 15) is 5.11 Å². The number of hydrogen-bond donors (Lipinski definition) is 2. The Morgan fingerprint density at radius 2 is 1.89 bits per heavy atom. The predicted octanol–water partition coefficient (Wildman–Crippen LogP) is 2.83. The predicted molar refractivity (Wildman–Crippen MR) is 77.7 cm³/mol. The first-order valence-electron chi connectivity index (χ1n) is 6.22. The van der Waals surface area contributed by atoms with Gasteiger partial charge in [-0.2, -0.15) is 0 Å². The Balaban J connectivity index is 3.22. The van der Waals surface area contributed by atoms with Gasteiger partial charge in [-0.3, -0.25) is 0 Å². The molecule has 0 spiro atoms. The Hall–Kier alpha value is -0.843. The highest BCUT2D eigenvalue weighted by Crippen LogP contribution is 2.32. The summed E-state index contributed by atoms with van der Waals surface area (Å²) in [7, 11) is -0.747. The molecule has 1 aromatic rings. The summed E-state index contributed by atoms with van der Waals surface area (Å²) >= 11 is 0. The lowest BCUT2D eigenvalue weighted by molar-refractivity contribution is 0.281. The van der Waals surface area contributed by atoms with Gasteiger partial charge in [-0.1, -0.05) is 32.9 Å². The van der Waals surface area contributed by atoms with Gasteiger partial charge in [0.25, 0.3) is 0 Å². The summed E-state index contributed by atoms with van der Waals surface area (Å²) in [5.74, 6) is 0. The molecule has 0 fully saturated rings. The molecule has 1 aromatic carbocycles. The van der Waals surface area contributed by atoms with Crippen molar-refractivity contribution in [3.05, 3.63) is 28.8 Å². The lowest BCUT2D eigenvalue weighted by atomic mass is 9.82. The molecule has 18 heavy (non-hydrogen) atoms. The van der Waals surface area contributed by atoms with E-state index in [1.165, 1.54) is 5.56 Å². The minimum atomic E-state index is -0.747. The number of hydrogen-bond acceptors (Lipinski definition) is 3. The van der Waals surface area contributed by atoms with Crippen LogP contribution in [-0.2, 0) is 23.1 Å². The summed E-state index contributed by atoms with van der Waals surface area (Å²) in [5, 5.41) is 9.30. The molecule has 0 unspecified atom stereocenters. The van der Waals surface area contributed by atoms with E-state index in [1.807, 2.05) is 6.07 Å². The van der Waals surface area contributed by atoms with Crippen LogP contribution in [0.15, 0.2) is 12.1 Å². The van der Waals surface area contributed by atoms with E-state index in [2.05, 4.69) is 39.9 Å².